The summed E-state index contributed by atoms with van der Waals surface area (Å²) in [5.41, 5.74) is 5.64. The third kappa shape index (κ3) is 4.05. The monoisotopic (exact) mass is 434 g/mol. The van der Waals surface area contributed by atoms with Crippen molar-refractivity contribution >= 4 is 11.6 Å². The van der Waals surface area contributed by atoms with Crippen LogP contribution >= 0.6 is 0 Å². The summed E-state index contributed by atoms with van der Waals surface area (Å²) in [5, 5.41) is 16.0. The van der Waals surface area contributed by atoms with Gasteiger partial charge in [0.2, 0.25) is 0 Å². The van der Waals surface area contributed by atoms with Crippen LogP contribution in [0.4, 0.5) is 0 Å². The number of hydrogen-bond donors (Lipinski definition) is 2. The molecule has 0 spiro atoms. The molecule has 0 aliphatic heterocycles. The molecule has 0 unspecified atom stereocenters. The van der Waals surface area contributed by atoms with Gasteiger partial charge in [-0.1, -0.05) is 6.07 Å². The lowest BCUT2D eigenvalue weighted by Gasteiger charge is -2.04. The van der Waals surface area contributed by atoms with Gasteiger partial charge in [0.15, 0.2) is 5.65 Å². The number of H-pyrrole nitrogens is 1. The second-order valence-electron chi connectivity index (χ2n) is 7.42. The van der Waals surface area contributed by atoms with Crippen LogP contribution in [0, 0.1) is 18.3 Å². The van der Waals surface area contributed by atoms with E-state index < -0.39 is 0 Å². The standard InChI is InChI=1S/C24H18N8O/c1-15-3-2-4-19(29-15)23-22(18-9-10-21-27-14-28-32(21)13-18)30-20(31-23)12-26-24(33)17-7-5-16(11-25)6-8-17/h2-10,13-14H,12H2,1H3,(H,26,33)(H,30,31). The Kier molecular flexibility index (Phi) is 5.09. The maximum absolute atomic E-state index is 12.5. The minimum atomic E-state index is -0.253. The van der Waals surface area contributed by atoms with Gasteiger partial charge >= 0.3 is 0 Å². The number of nitriles is 1. The fourth-order valence-corrected chi connectivity index (χ4v) is 3.50. The molecule has 0 atom stereocenters. The lowest BCUT2D eigenvalue weighted by atomic mass is 10.1. The summed E-state index contributed by atoms with van der Waals surface area (Å²) in [6.07, 6.45) is 3.35. The first kappa shape index (κ1) is 20.1. The molecule has 0 bridgehead atoms. The summed E-state index contributed by atoms with van der Waals surface area (Å²) in [6, 6.07) is 18.1. The van der Waals surface area contributed by atoms with E-state index in [1.165, 1.54) is 6.33 Å². The molecule has 1 amide bonds. The van der Waals surface area contributed by atoms with Crippen molar-refractivity contribution in [2.45, 2.75) is 13.5 Å². The smallest absolute Gasteiger partial charge is 0.251 e. The van der Waals surface area contributed by atoms with Crippen molar-refractivity contribution in [1.29, 1.82) is 5.26 Å². The number of nitrogens with one attached hydrogen (secondary N) is 2. The first-order chi connectivity index (χ1) is 16.1. The zero-order valence-electron chi connectivity index (χ0n) is 17.6. The number of pyridine rings is 2. The van der Waals surface area contributed by atoms with Crippen LogP contribution in [0.2, 0.25) is 0 Å². The first-order valence-corrected chi connectivity index (χ1v) is 10.2. The molecule has 4 heterocycles. The van der Waals surface area contributed by atoms with Gasteiger partial charge in [-0.2, -0.15) is 10.4 Å². The zero-order chi connectivity index (χ0) is 22.8. The number of amides is 1. The van der Waals surface area contributed by atoms with E-state index in [2.05, 4.69) is 25.4 Å². The van der Waals surface area contributed by atoms with Crippen LogP contribution < -0.4 is 5.32 Å². The molecule has 0 saturated carbocycles. The number of carbonyl (C=O) groups excluding carboxylic acids is 1. The summed E-state index contributed by atoms with van der Waals surface area (Å²) < 4.78 is 1.68. The van der Waals surface area contributed by atoms with Crippen molar-refractivity contribution in [3.8, 4) is 28.7 Å². The third-order valence-electron chi connectivity index (χ3n) is 5.14. The van der Waals surface area contributed by atoms with E-state index in [0.717, 1.165) is 28.3 Å². The second-order valence-corrected chi connectivity index (χ2v) is 7.42. The van der Waals surface area contributed by atoms with Crippen molar-refractivity contribution in [1.82, 2.24) is 34.9 Å². The van der Waals surface area contributed by atoms with Crippen LogP contribution in [0.3, 0.4) is 0 Å². The summed E-state index contributed by atoms with van der Waals surface area (Å²) in [4.78, 5) is 29.4. The molecule has 0 aliphatic rings. The summed E-state index contributed by atoms with van der Waals surface area (Å²) in [7, 11) is 0. The summed E-state index contributed by atoms with van der Waals surface area (Å²) in [6.45, 7) is 2.13. The summed E-state index contributed by atoms with van der Waals surface area (Å²) in [5.74, 6) is 0.334. The van der Waals surface area contributed by atoms with Crippen LogP contribution in [-0.2, 0) is 6.54 Å². The van der Waals surface area contributed by atoms with E-state index in [4.69, 9.17) is 10.2 Å². The molecule has 5 aromatic rings. The third-order valence-corrected chi connectivity index (χ3v) is 5.14. The molecular weight excluding hydrogens is 416 g/mol. The van der Waals surface area contributed by atoms with Gasteiger partial charge in [0.05, 0.1) is 35.3 Å². The van der Waals surface area contributed by atoms with Crippen molar-refractivity contribution < 1.29 is 4.79 Å². The number of nitrogens with zero attached hydrogens (tertiary/aromatic N) is 6. The average molecular weight is 434 g/mol. The molecule has 0 saturated heterocycles. The minimum Gasteiger partial charge on any atom is -0.345 e. The molecule has 4 aromatic heterocycles. The van der Waals surface area contributed by atoms with Crippen LogP contribution in [0.1, 0.15) is 27.4 Å². The van der Waals surface area contributed by atoms with Crippen molar-refractivity contribution in [3.05, 3.63) is 89.8 Å². The van der Waals surface area contributed by atoms with Crippen molar-refractivity contribution in [3.63, 3.8) is 0 Å². The lowest BCUT2D eigenvalue weighted by Crippen LogP contribution is -2.23. The molecular formula is C24H18N8O. The molecule has 0 aliphatic carbocycles. The topological polar surface area (TPSA) is 125 Å². The van der Waals surface area contributed by atoms with E-state index in [9.17, 15) is 4.79 Å². The van der Waals surface area contributed by atoms with Crippen molar-refractivity contribution in [2.75, 3.05) is 0 Å². The second kappa shape index (κ2) is 8.36. The van der Waals surface area contributed by atoms with Gasteiger partial charge in [-0.05, 0) is 55.5 Å². The number of aromatic nitrogens is 6. The van der Waals surface area contributed by atoms with Gasteiger partial charge in [-0.15, -0.1) is 0 Å². The Hall–Kier alpha value is -4.84. The quantitative estimate of drug-likeness (QED) is 0.437. The fourth-order valence-electron chi connectivity index (χ4n) is 3.50. The first-order valence-electron chi connectivity index (χ1n) is 10.2. The highest BCUT2D eigenvalue weighted by Gasteiger charge is 2.17. The van der Waals surface area contributed by atoms with E-state index in [1.807, 2.05) is 49.5 Å². The number of imidazole rings is 1. The van der Waals surface area contributed by atoms with Gasteiger partial charge in [0.25, 0.3) is 5.91 Å². The number of fused-ring (bicyclic) bond motifs is 1. The molecule has 160 valence electrons. The molecule has 9 heteroatoms. The predicted molar refractivity (Wildman–Crippen MR) is 121 cm³/mol. The lowest BCUT2D eigenvalue weighted by molar-refractivity contribution is 0.0950. The van der Waals surface area contributed by atoms with E-state index in [0.29, 0.717) is 22.6 Å². The molecule has 0 radical (unpaired) electrons. The molecule has 0 fully saturated rings. The van der Waals surface area contributed by atoms with E-state index in [-0.39, 0.29) is 12.5 Å². The van der Waals surface area contributed by atoms with Gasteiger partial charge in [0.1, 0.15) is 12.2 Å². The number of aryl methyl sites for hydroxylation is 1. The summed E-state index contributed by atoms with van der Waals surface area (Å²) >= 11 is 0. The SMILES string of the molecule is Cc1cccc(-c2[nH]c(CNC(=O)c3ccc(C#N)cc3)nc2-c2ccc3ncnn3c2)n1. The van der Waals surface area contributed by atoms with E-state index in [1.54, 1.807) is 28.8 Å². The highest BCUT2D eigenvalue weighted by Crippen LogP contribution is 2.29. The van der Waals surface area contributed by atoms with Gasteiger partial charge in [-0.3, -0.25) is 9.78 Å². The number of benzene rings is 1. The van der Waals surface area contributed by atoms with E-state index >= 15 is 0 Å². The number of hydrogen-bond acceptors (Lipinski definition) is 6. The highest BCUT2D eigenvalue weighted by molar-refractivity contribution is 5.94. The van der Waals surface area contributed by atoms with Gasteiger partial charge in [-0.25, -0.2) is 14.5 Å². The number of aromatic amines is 1. The average Bonchev–Trinajstić information content (AvgIpc) is 3.49. The maximum atomic E-state index is 12.5. The molecule has 33 heavy (non-hydrogen) atoms. The van der Waals surface area contributed by atoms with Gasteiger partial charge < -0.3 is 10.3 Å². The van der Waals surface area contributed by atoms with Crippen LogP contribution in [-0.4, -0.2) is 35.5 Å². The van der Waals surface area contributed by atoms with Gasteiger partial charge in [0, 0.05) is 23.0 Å². The Labute approximate surface area is 188 Å². The van der Waals surface area contributed by atoms with Crippen LogP contribution in [0.5, 0.6) is 0 Å². The molecule has 1 aromatic carbocycles. The highest BCUT2D eigenvalue weighted by atomic mass is 16.1. The Morgan fingerprint density at radius 3 is 2.76 bits per heavy atom. The zero-order valence-corrected chi connectivity index (χ0v) is 17.6. The molecule has 2 N–H and O–H groups in total. The van der Waals surface area contributed by atoms with Crippen molar-refractivity contribution in [2.24, 2.45) is 0 Å². The normalized spacial score (nSPS) is 10.8. The Morgan fingerprint density at radius 2 is 1.97 bits per heavy atom. The maximum Gasteiger partial charge on any atom is 0.251 e. The fraction of sp³-hybridized carbons (Fsp3) is 0.0833. The number of carbonyl (C=O) groups is 1. The minimum absolute atomic E-state index is 0.198. The Balaban J connectivity index is 1.47. The predicted octanol–water partition coefficient (Wildman–Crippen LogP) is 3.29. The van der Waals surface area contributed by atoms with Crippen LogP contribution in [0.15, 0.2) is 67.1 Å². The molecule has 9 nitrogen and oxygen atoms in total. The molecule has 5 rings (SSSR count). The number of rotatable bonds is 5. The Morgan fingerprint density at radius 1 is 1.12 bits per heavy atom. The Bertz CT molecular complexity index is 1510. The largest absolute Gasteiger partial charge is 0.345 e. The van der Waals surface area contributed by atoms with Crippen LogP contribution in [0.25, 0.3) is 28.3 Å².